The third-order valence-corrected chi connectivity index (χ3v) is 3.70. The molecule has 1 unspecified atom stereocenters. The Labute approximate surface area is 134 Å². The van der Waals surface area contributed by atoms with E-state index >= 15 is 0 Å². The van der Waals surface area contributed by atoms with Crippen molar-refractivity contribution in [3.8, 4) is 11.4 Å². The lowest BCUT2D eigenvalue weighted by Gasteiger charge is -2.21. The molecule has 1 aromatic heterocycles. The first-order valence-electron chi connectivity index (χ1n) is 6.78. The number of benzene rings is 1. The summed E-state index contributed by atoms with van der Waals surface area (Å²) in [6.45, 7) is 6.46. The van der Waals surface area contributed by atoms with Gasteiger partial charge in [-0.3, -0.25) is 0 Å². The van der Waals surface area contributed by atoms with Crippen molar-refractivity contribution in [2.75, 3.05) is 0 Å². The average Bonchev–Trinajstić information content (AvgIpc) is 2.78. The maximum absolute atomic E-state index is 6.12. The highest BCUT2D eigenvalue weighted by Crippen LogP contribution is 2.27. The molecule has 1 aromatic carbocycles. The predicted molar refractivity (Wildman–Crippen MR) is 85.5 cm³/mol. The van der Waals surface area contributed by atoms with Crippen molar-refractivity contribution in [2.45, 2.75) is 39.7 Å². The van der Waals surface area contributed by atoms with Gasteiger partial charge in [-0.1, -0.05) is 49.1 Å². The second kappa shape index (κ2) is 6.34. The van der Waals surface area contributed by atoms with Gasteiger partial charge in [-0.25, -0.2) is 0 Å². The van der Waals surface area contributed by atoms with Crippen LogP contribution in [0.2, 0.25) is 10.0 Å². The number of nitrogens with zero attached hydrogens (tertiary/aromatic N) is 2. The summed E-state index contributed by atoms with van der Waals surface area (Å²) in [6.07, 6.45) is 1.45. The monoisotopic (exact) mass is 327 g/mol. The first kappa shape index (κ1) is 16.3. The van der Waals surface area contributed by atoms with Gasteiger partial charge >= 0.3 is 0 Å². The Hall–Kier alpha value is -1.10. The van der Waals surface area contributed by atoms with Crippen molar-refractivity contribution in [1.82, 2.24) is 10.1 Å². The van der Waals surface area contributed by atoms with Gasteiger partial charge in [0.2, 0.25) is 11.7 Å². The average molecular weight is 328 g/mol. The van der Waals surface area contributed by atoms with Gasteiger partial charge < -0.3 is 10.3 Å². The molecule has 0 amide bonds. The normalized spacial score (nSPS) is 13.4. The summed E-state index contributed by atoms with van der Waals surface area (Å²) >= 11 is 11.9. The molecule has 0 bridgehead atoms. The van der Waals surface area contributed by atoms with Gasteiger partial charge in [0.15, 0.2) is 0 Å². The van der Waals surface area contributed by atoms with Crippen LogP contribution in [0.5, 0.6) is 0 Å². The topological polar surface area (TPSA) is 64.9 Å². The van der Waals surface area contributed by atoms with E-state index in [2.05, 4.69) is 30.9 Å². The zero-order valence-electron chi connectivity index (χ0n) is 12.4. The smallest absolute Gasteiger partial charge is 0.228 e. The SMILES string of the molecule is CC(C)(C)CC(N)Cc1nc(-c2ccc(Cl)c(Cl)c2)no1. The molecular weight excluding hydrogens is 309 g/mol. The van der Waals surface area contributed by atoms with Gasteiger partial charge in [0.05, 0.1) is 10.0 Å². The third-order valence-electron chi connectivity index (χ3n) is 2.96. The molecule has 0 radical (unpaired) electrons. The highest BCUT2D eigenvalue weighted by Gasteiger charge is 2.19. The second-order valence-corrected chi connectivity index (χ2v) is 7.18. The Bertz CT molecular complexity index is 620. The predicted octanol–water partition coefficient (Wildman–Crippen LogP) is 4.35. The third kappa shape index (κ3) is 4.70. The Morgan fingerprint density at radius 3 is 2.57 bits per heavy atom. The maximum Gasteiger partial charge on any atom is 0.228 e. The molecule has 0 saturated carbocycles. The number of halogens is 2. The number of rotatable bonds is 4. The fourth-order valence-electron chi connectivity index (χ4n) is 2.17. The number of aromatic nitrogens is 2. The molecule has 4 nitrogen and oxygen atoms in total. The molecule has 0 fully saturated rings. The Morgan fingerprint density at radius 1 is 1.24 bits per heavy atom. The van der Waals surface area contributed by atoms with Gasteiger partial charge in [-0.05, 0) is 30.0 Å². The van der Waals surface area contributed by atoms with Crippen LogP contribution in [0.1, 0.15) is 33.1 Å². The van der Waals surface area contributed by atoms with Crippen molar-refractivity contribution in [1.29, 1.82) is 0 Å². The van der Waals surface area contributed by atoms with Crippen molar-refractivity contribution in [3.05, 3.63) is 34.1 Å². The van der Waals surface area contributed by atoms with Crippen molar-refractivity contribution in [2.24, 2.45) is 11.1 Å². The van der Waals surface area contributed by atoms with Crippen LogP contribution in [0.15, 0.2) is 22.7 Å². The summed E-state index contributed by atoms with van der Waals surface area (Å²) in [7, 11) is 0. The van der Waals surface area contributed by atoms with Crippen LogP contribution in [-0.2, 0) is 6.42 Å². The molecule has 0 aliphatic rings. The number of hydrogen-bond donors (Lipinski definition) is 1. The second-order valence-electron chi connectivity index (χ2n) is 6.37. The van der Waals surface area contributed by atoms with Crippen LogP contribution in [0.4, 0.5) is 0 Å². The molecule has 2 aromatic rings. The van der Waals surface area contributed by atoms with Crippen LogP contribution in [0.3, 0.4) is 0 Å². The quantitative estimate of drug-likeness (QED) is 0.906. The van der Waals surface area contributed by atoms with E-state index in [9.17, 15) is 0 Å². The van der Waals surface area contributed by atoms with E-state index < -0.39 is 0 Å². The summed E-state index contributed by atoms with van der Waals surface area (Å²) in [5, 5.41) is 4.92. The van der Waals surface area contributed by atoms with E-state index in [4.69, 9.17) is 33.5 Å². The first-order valence-corrected chi connectivity index (χ1v) is 7.54. The van der Waals surface area contributed by atoms with Crippen LogP contribution in [0, 0.1) is 5.41 Å². The molecule has 2 N–H and O–H groups in total. The van der Waals surface area contributed by atoms with E-state index in [0.717, 1.165) is 12.0 Å². The van der Waals surface area contributed by atoms with Crippen molar-refractivity contribution < 1.29 is 4.52 Å². The summed E-state index contributed by atoms with van der Waals surface area (Å²) in [5.41, 5.74) is 7.06. The summed E-state index contributed by atoms with van der Waals surface area (Å²) in [6, 6.07) is 5.22. The van der Waals surface area contributed by atoms with Gasteiger partial charge in [-0.15, -0.1) is 0 Å². The standard InChI is InChI=1S/C15H19Cl2N3O/c1-15(2,3)8-10(18)7-13-19-14(20-21-13)9-4-5-11(16)12(17)6-9/h4-6,10H,7-8,18H2,1-3H3. The van der Waals surface area contributed by atoms with E-state index in [1.165, 1.54) is 0 Å². The first-order chi connectivity index (χ1) is 9.74. The lowest BCUT2D eigenvalue weighted by molar-refractivity contribution is 0.313. The van der Waals surface area contributed by atoms with E-state index in [1.54, 1.807) is 18.2 Å². The largest absolute Gasteiger partial charge is 0.339 e. The fraction of sp³-hybridized carbons (Fsp3) is 0.467. The summed E-state index contributed by atoms with van der Waals surface area (Å²) < 4.78 is 5.26. The highest BCUT2D eigenvalue weighted by atomic mass is 35.5. The van der Waals surface area contributed by atoms with E-state index in [0.29, 0.717) is 28.2 Å². The zero-order chi connectivity index (χ0) is 15.6. The van der Waals surface area contributed by atoms with Crippen LogP contribution < -0.4 is 5.73 Å². The van der Waals surface area contributed by atoms with Crippen LogP contribution >= 0.6 is 23.2 Å². The number of nitrogens with two attached hydrogens (primary N) is 1. The molecule has 114 valence electrons. The van der Waals surface area contributed by atoms with Gasteiger partial charge in [0, 0.05) is 18.0 Å². The molecule has 0 aliphatic heterocycles. The minimum absolute atomic E-state index is 0.00731. The molecule has 2 rings (SSSR count). The molecule has 0 aliphatic carbocycles. The van der Waals surface area contributed by atoms with Crippen LogP contribution in [-0.4, -0.2) is 16.2 Å². The molecule has 21 heavy (non-hydrogen) atoms. The molecular formula is C15H19Cl2N3O. The summed E-state index contributed by atoms with van der Waals surface area (Å²) in [5.74, 6) is 1.03. The maximum atomic E-state index is 6.12. The molecule has 0 saturated heterocycles. The number of hydrogen-bond acceptors (Lipinski definition) is 4. The Morgan fingerprint density at radius 2 is 1.95 bits per heavy atom. The Balaban J connectivity index is 2.09. The molecule has 6 heteroatoms. The Kier molecular flexibility index (Phi) is 4.91. The van der Waals surface area contributed by atoms with Crippen LogP contribution in [0.25, 0.3) is 11.4 Å². The lowest BCUT2D eigenvalue weighted by Crippen LogP contribution is -2.28. The fourth-order valence-corrected chi connectivity index (χ4v) is 2.47. The van der Waals surface area contributed by atoms with Gasteiger partial charge in [0.1, 0.15) is 0 Å². The highest BCUT2D eigenvalue weighted by molar-refractivity contribution is 6.42. The van der Waals surface area contributed by atoms with E-state index in [-0.39, 0.29) is 11.5 Å². The minimum atomic E-state index is -0.00731. The van der Waals surface area contributed by atoms with Gasteiger partial charge in [0.25, 0.3) is 0 Å². The van der Waals surface area contributed by atoms with Crippen molar-refractivity contribution in [3.63, 3.8) is 0 Å². The van der Waals surface area contributed by atoms with Crippen molar-refractivity contribution >= 4 is 23.2 Å². The minimum Gasteiger partial charge on any atom is -0.339 e. The summed E-state index contributed by atoms with van der Waals surface area (Å²) in [4.78, 5) is 4.36. The van der Waals surface area contributed by atoms with E-state index in [1.807, 2.05) is 0 Å². The van der Waals surface area contributed by atoms with Gasteiger partial charge in [-0.2, -0.15) is 4.98 Å². The zero-order valence-corrected chi connectivity index (χ0v) is 13.9. The molecule has 0 spiro atoms. The molecule has 1 heterocycles. The molecule has 1 atom stereocenters. The lowest BCUT2D eigenvalue weighted by atomic mass is 9.87.